The van der Waals surface area contributed by atoms with E-state index in [1.54, 1.807) is 39.5 Å². The maximum absolute atomic E-state index is 13.1. The number of H-pyrrole nitrogens is 1. The molecule has 0 aliphatic carbocycles. The fraction of sp³-hybridized carbons (Fsp3) is 0.333. The van der Waals surface area contributed by atoms with Gasteiger partial charge < -0.3 is 24.3 Å². The van der Waals surface area contributed by atoms with Crippen molar-refractivity contribution >= 4 is 11.6 Å². The number of aromatic amines is 1. The molecule has 0 unspecified atom stereocenters. The van der Waals surface area contributed by atoms with E-state index in [1.807, 2.05) is 18.2 Å². The summed E-state index contributed by atoms with van der Waals surface area (Å²) in [5.74, 6) is 2.32. The number of hydrogen-bond donors (Lipinski definition) is 2. The van der Waals surface area contributed by atoms with Crippen LogP contribution in [0.3, 0.4) is 0 Å². The molecule has 170 valence electrons. The van der Waals surface area contributed by atoms with Gasteiger partial charge in [0.2, 0.25) is 0 Å². The number of benzene rings is 2. The Morgan fingerprint density at radius 3 is 2.09 bits per heavy atom. The standard InChI is InChI=1S/C24H29N3O5/c1-14(2)11-17-23(25-24(28)16-8-10-19(30-4)21(13-16)32-6)22(27-26-17)15-7-9-18(29-3)20(12-15)31-5/h7-10,12-14H,11H2,1-6H3,(H,25,28)(H,26,27). The zero-order valence-electron chi connectivity index (χ0n) is 19.2. The van der Waals surface area contributed by atoms with E-state index < -0.39 is 0 Å². The molecule has 0 fully saturated rings. The Morgan fingerprint density at radius 1 is 0.906 bits per heavy atom. The minimum Gasteiger partial charge on any atom is -0.493 e. The minimum atomic E-state index is -0.279. The monoisotopic (exact) mass is 439 g/mol. The molecular formula is C24H29N3O5. The highest BCUT2D eigenvalue weighted by Gasteiger charge is 2.21. The van der Waals surface area contributed by atoms with Crippen LogP contribution in [0.4, 0.5) is 5.69 Å². The molecule has 2 N–H and O–H groups in total. The van der Waals surface area contributed by atoms with Gasteiger partial charge in [-0.15, -0.1) is 0 Å². The van der Waals surface area contributed by atoms with Gasteiger partial charge in [0, 0.05) is 11.1 Å². The largest absolute Gasteiger partial charge is 0.493 e. The third-order valence-electron chi connectivity index (χ3n) is 4.99. The zero-order chi connectivity index (χ0) is 23.3. The lowest BCUT2D eigenvalue weighted by atomic mass is 10.0. The Balaban J connectivity index is 2.01. The molecular weight excluding hydrogens is 410 g/mol. The van der Waals surface area contributed by atoms with Crippen molar-refractivity contribution in [2.45, 2.75) is 20.3 Å². The summed E-state index contributed by atoms with van der Waals surface area (Å²) in [7, 11) is 6.25. The first-order valence-corrected chi connectivity index (χ1v) is 10.2. The SMILES string of the molecule is COc1ccc(C(=O)Nc2c(-c3ccc(OC)c(OC)c3)n[nH]c2CC(C)C)cc1OC. The highest BCUT2D eigenvalue weighted by molar-refractivity contribution is 6.06. The molecule has 8 heteroatoms. The van der Waals surface area contributed by atoms with E-state index in [0.29, 0.717) is 45.9 Å². The summed E-state index contributed by atoms with van der Waals surface area (Å²) in [5, 5.41) is 10.6. The molecule has 0 saturated heterocycles. The summed E-state index contributed by atoms with van der Waals surface area (Å²) in [6.07, 6.45) is 0.724. The second-order valence-corrected chi connectivity index (χ2v) is 7.62. The molecule has 1 amide bonds. The third-order valence-corrected chi connectivity index (χ3v) is 4.99. The van der Waals surface area contributed by atoms with E-state index in [9.17, 15) is 4.79 Å². The molecule has 3 aromatic rings. The lowest BCUT2D eigenvalue weighted by Crippen LogP contribution is -2.14. The van der Waals surface area contributed by atoms with Crippen molar-refractivity contribution in [3.63, 3.8) is 0 Å². The number of nitrogens with zero attached hydrogens (tertiary/aromatic N) is 1. The van der Waals surface area contributed by atoms with E-state index in [2.05, 4.69) is 29.4 Å². The average Bonchev–Trinajstić information content (AvgIpc) is 3.19. The van der Waals surface area contributed by atoms with Gasteiger partial charge in [-0.1, -0.05) is 13.8 Å². The van der Waals surface area contributed by atoms with Gasteiger partial charge in [-0.25, -0.2) is 0 Å². The molecule has 0 bridgehead atoms. The van der Waals surface area contributed by atoms with Crippen LogP contribution in [0.5, 0.6) is 23.0 Å². The molecule has 8 nitrogen and oxygen atoms in total. The van der Waals surface area contributed by atoms with Crippen LogP contribution < -0.4 is 24.3 Å². The summed E-state index contributed by atoms with van der Waals surface area (Å²) in [6.45, 7) is 4.22. The van der Waals surface area contributed by atoms with Gasteiger partial charge in [-0.2, -0.15) is 5.10 Å². The maximum atomic E-state index is 13.1. The van der Waals surface area contributed by atoms with Gasteiger partial charge in [0.1, 0.15) is 5.69 Å². The zero-order valence-corrected chi connectivity index (χ0v) is 19.2. The van der Waals surface area contributed by atoms with Crippen molar-refractivity contribution in [1.82, 2.24) is 10.2 Å². The molecule has 32 heavy (non-hydrogen) atoms. The average molecular weight is 440 g/mol. The first kappa shape index (κ1) is 23.0. The quantitative estimate of drug-likeness (QED) is 0.507. The van der Waals surface area contributed by atoms with Crippen LogP contribution in [0.2, 0.25) is 0 Å². The molecule has 3 rings (SSSR count). The van der Waals surface area contributed by atoms with Crippen molar-refractivity contribution in [2.24, 2.45) is 5.92 Å². The van der Waals surface area contributed by atoms with Gasteiger partial charge >= 0.3 is 0 Å². The summed E-state index contributed by atoms with van der Waals surface area (Å²) in [6, 6.07) is 10.6. The van der Waals surface area contributed by atoms with Crippen molar-refractivity contribution in [3.05, 3.63) is 47.7 Å². The fourth-order valence-corrected chi connectivity index (χ4v) is 3.42. The van der Waals surface area contributed by atoms with Crippen LogP contribution in [-0.4, -0.2) is 44.5 Å². The number of ether oxygens (including phenoxy) is 4. The molecule has 0 spiro atoms. The first-order valence-electron chi connectivity index (χ1n) is 10.2. The molecule has 2 aromatic carbocycles. The Hall–Kier alpha value is -3.68. The second-order valence-electron chi connectivity index (χ2n) is 7.62. The van der Waals surface area contributed by atoms with Crippen LogP contribution in [0, 0.1) is 5.92 Å². The number of rotatable bonds is 9. The minimum absolute atomic E-state index is 0.279. The summed E-state index contributed by atoms with van der Waals surface area (Å²) >= 11 is 0. The summed E-state index contributed by atoms with van der Waals surface area (Å²) in [4.78, 5) is 13.1. The van der Waals surface area contributed by atoms with E-state index in [-0.39, 0.29) is 5.91 Å². The topological polar surface area (TPSA) is 94.7 Å². The summed E-state index contributed by atoms with van der Waals surface area (Å²) < 4.78 is 21.4. The van der Waals surface area contributed by atoms with Crippen molar-refractivity contribution in [3.8, 4) is 34.3 Å². The first-order chi connectivity index (χ1) is 15.4. The number of hydrogen-bond acceptors (Lipinski definition) is 6. The number of methoxy groups -OCH3 is 4. The van der Waals surface area contributed by atoms with Gasteiger partial charge in [-0.05, 0) is 48.7 Å². The van der Waals surface area contributed by atoms with Gasteiger partial charge in [0.05, 0.1) is 39.8 Å². The molecule has 1 heterocycles. The predicted molar refractivity (Wildman–Crippen MR) is 123 cm³/mol. The second kappa shape index (κ2) is 10.1. The molecule has 0 saturated carbocycles. The van der Waals surface area contributed by atoms with Gasteiger partial charge in [0.15, 0.2) is 23.0 Å². The van der Waals surface area contributed by atoms with Crippen LogP contribution >= 0.6 is 0 Å². The normalized spacial score (nSPS) is 10.7. The van der Waals surface area contributed by atoms with Crippen molar-refractivity contribution < 1.29 is 23.7 Å². The number of amides is 1. The predicted octanol–water partition coefficient (Wildman–Crippen LogP) is 4.56. The molecule has 1 aromatic heterocycles. The van der Waals surface area contributed by atoms with Crippen molar-refractivity contribution in [1.29, 1.82) is 0 Å². The van der Waals surface area contributed by atoms with Crippen molar-refractivity contribution in [2.75, 3.05) is 33.8 Å². The maximum Gasteiger partial charge on any atom is 0.255 e. The molecule has 0 aliphatic heterocycles. The van der Waals surface area contributed by atoms with Crippen LogP contribution in [-0.2, 0) is 6.42 Å². The van der Waals surface area contributed by atoms with Gasteiger partial charge in [-0.3, -0.25) is 9.89 Å². The van der Waals surface area contributed by atoms with E-state index in [4.69, 9.17) is 18.9 Å². The van der Waals surface area contributed by atoms with Crippen LogP contribution in [0.25, 0.3) is 11.3 Å². The molecule has 0 radical (unpaired) electrons. The number of carbonyl (C=O) groups is 1. The van der Waals surface area contributed by atoms with E-state index in [0.717, 1.165) is 17.7 Å². The molecule has 0 aliphatic rings. The van der Waals surface area contributed by atoms with Gasteiger partial charge in [0.25, 0.3) is 5.91 Å². The van der Waals surface area contributed by atoms with Crippen LogP contribution in [0.1, 0.15) is 29.9 Å². The number of aromatic nitrogens is 2. The smallest absolute Gasteiger partial charge is 0.255 e. The number of anilines is 1. The lowest BCUT2D eigenvalue weighted by Gasteiger charge is -2.13. The van der Waals surface area contributed by atoms with Crippen LogP contribution in [0.15, 0.2) is 36.4 Å². The summed E-state index contributed by atoms with van der Waals surface area (Å²) in [5.41, 5.74) is 3.33. The highest BCUT2D eigenvalue weighted by Crippen LogP contribution is 2.36. The Labute approximate surface area is 187 Å². The number of carbonyl (C=O) groups excluding carboxylic acids is 1. The highest BCUT2D eigenvalue weighted by atomic mass is 16.5. The fourth-order valence-electron chi connectivity index (χ4n) is 3.42. The number of nitrogens with one attached hydrogen (secondary N) is 2. The van der Waals surface area contributed by atoms with E-state index in [1.165, 1.54) is 7.11 Å². The molecule has 0 atom stereocenters. The Bertz CT molecular complexity index is 1090. The van der Waals surface area contributed by atoms with E-state index >= 15 is 0 Å². The lowest BCUT2D eigenvalue weighted by molar-refractivity contribution is 0.102. The third kappa shape index (κ3) is 4.80. The Morgan fingerprint density at radius 2 is 1.50 bits per heavy atom. The Kier molecular flexibility index (Phi) is 7.25.